The van der Waals surface area contributed by atoms with Gasteiger partial charge >= 0.3 is 46.9 Å². The predicted octanol–water partition coefficient (Wildman–Crippen LogP) is 19.0. The van der Waals surface area contributed by atoms with Crippen LogP contribution in [0.5, 0.6) is 17.2 Å². The summed E-state index contributed by atoms with van der Waals surface area (Å²) in [6, 6.07) is 77.2. The molecule has 37 heteroatoms. The standard InChI is InChI=1S/C20H21O5P.C19H21O5P.C17H17O5P.C13H15O6P.C12H15O5P.C12H13O5P/c1-19(2,16-8-4-3-5-9-16)17-10-6-7-15(11-17)18(21)20-12-23-26(22,24-13-20)25-14-20;1-18(2,15-7-4-3-5-8-15)16-9-6-10-17(11-16)24-19-12-21-25(20,22-13-19)23-14-19;1-13-3-2-4-15(9-13)14-5-7-16(8-6-14)22-17-10-19-23(18,20-11-17)21-12-17;1-16-11-4-2-10(3-5-11)6-12(14)13-7-17-20(15,18-8-13)19-9-13;1-10-3-2-4-11(5-10)6-14-12-7-15-18(13,16-8-12)17-9-12;13-11(6-10-4-2-1-3-5-10)12-7-15-18(14,16-8-12)17-9-12/h3-11H,12-14H2,1-2H3;3-11H,12-14H2,1-2H3;2-9H,10-12H2,1H3;2-5H,6-9H2,1H3;2-5H,6-9H2,1H3;1-5H,6-9H2. The second kappa shape index (κ2) is 38.8. The van der Waals surface area contributed by atoms with Crippen LogP contribution in [0.25, 0.3) is 11.1 Å². The number of Topliss-reactive ketones (excluding diaryl/α,β-unsaturated/α-hetero) is 3. The molecule has 0 spiro atoms. The minimum atomic E-state index is -3.43. The lowest BCUT2D eigenvalue weighted by molar-refractivity contribution is -0.188. The van der Waals surface area contributed by atoms with E-state index in [1.807, 2.05) is 171 Å². The number of rotatable bonds is 21. The fourth-order valence-electron chi connectivity index (χ4n) is 15.5. The summed E-state index contributed by atoms with van der Waals surface area (Å²) >= 11 is 0. The van der Waals surface area contributed by atoms with Crippen molar-refractivity contribution in [2.24, 2.45) is 16.2 Å². The normalized spacial score (nSPS) is 30.9. The van der Waals surface area contributed by atoms with Crippen molar-refractivity contribution in [2.75, 3.05) is 126 Å². The molecular weight excluding hydrogens is 1800 g/mol. The van der Waals surface area contributed by atoms with Crippen molar-refractivity contribution in [1.29, 1.82) is 0 Å². The van der Waals surface area contributed by atoms with Crippen LogP contribution in [0, 0.1) is 30.1 Å². The van der Waals surface area contributed by atoms with Crippen LogP contribution in [0.15, 0.2) is 237 Å². The zero-order chi connectivity index (χ0) is 91.4. The molecule has 18 heterocycles. The van der Waals surface area contributed by atoms with Gasteiger partial charge in [-0.05, 0) is 106 Å². The molecule has 0 saturated carbocycles. The average molecular weight is 1900 g/mol. The molecule has 27 rings (SSSR count). The topological polar surface area (TPSA) is 357 Å². The van der Waals surface area contributed by atoms with Crippen molar-refractivity contribution in [3.8, 4) is 28.4 Å². The van der Waals surface area contributed by atoms with Crippen LogP contribution in [0.4, 0.5) is 0 Å². The SMILES string of the molecule is CC(C)(c1ccccc1)c1cccc(C(=O)C23COP(=O)(OC2)OC3)c1.CC(C)(c1ccccc1)c1cccc(OC23COP(=O)(OC2)OC3)c1.COc1ccc(CC(=O)C23COP(=O)(OC2)OC3)cc1.Cc1cccc(-c2ccc(OC34COP(=O)(OC3)OC4)cc2)c1.Cc1cccc(COC23COP(=O)(OC2)OC3)c1.O=C(Cc1ccccc1)C12COP(=O)(OC1)OC2. The Kier molecular flexibility index (Phi) is 28.4. The highest BCUT2D eigenvalue weighted by molar-refractivity contribution is 7.50. The van der Waals surface area contributed by atoms with Crippen molar-refractivity contribution in [3.63, 3.8) is 0 Å². The number of hydrogen-bond donors (Lipinski definition) is 0. The molecule has 31 nitrogen and oxygen atoms in total. The third-order valence-corrected chi connectivity index (χ3v) is 32.2. The minimum Gasteiger partial charge on any atom is -0.497 e. The van der Waals surface area contributed by atoms with Crippen molar-refractivity contribution in [2.45, 2.75) is 88.6 Å². The molecule has 0 N–H and O–H groups in total. The number of carbonyl (C=O) groups is 3. The van der Waals surface area contributed by atoms with Gasteiger partial charge in [-0.1, -0.05) is 233 Å². The summed E-state index contributed by atoms with van der Waals surface area (Å²) in [7, 11) is -18.5. The van der Waals surface area contributed by atoms with E-state index < -0.39 is 80.0 Å². The van der Waals surface area contributed by atoms with Gasteiger partial charge in [0.15, 0.2) is 17.0 Å². The molecule has 18 saturated heterocycles. The fraction of sp³-hybridized carbons (Fsp3) is 0.387. The maximum absolute atomic E-state index is 13.2. The van der Waals surface area contributed by atoms with E-state index in [4.69, 9.17) is 100 Å². The number of aryl methyl sites for hydroxylation is 2. The number of phosphoric acid groups is 6. The Labute approximate surface area is 753 Å². The van der Waals surface area contributed by atoms with E-state index >= 15 is 0 Å². The van der Waals surface area contributed by atoms with Crippen LogP contribution in [0.1, 0.15) is 88.1 Å². The van der Waals surface area contributed by atoms with Gasteiger partial charge in [0.05, 0.1) is 93.0 Å². The predicted molar refractivity (Wildman–Crippen MR) is 473 cm³/mol. The Bertz CT molecular complexity index is 5690. The molecule has 0 aromatic heterocycles. The second-order valence-electron chi connectivity index (χ2n) is 34.8. The van der Waals surface area contributed by atoms with Crippen molar-refractivity contribution in [3.05, 3.63) is 292 Å². The molecular formula is C93H102O31P6. The maximum atomic E-state index is 13.2. The summed E-state index contributed by atoms with van der Waals surface area (Å²) in [5.74, 6) is 2.03. The summed E-state index contributed by atoms with van der Waals surface area (Å²) in [5.41, 5.74) is 7.72. The third-order valence-electron chi connectivity index (χ3n) is 24.2. The minimum absolute atomic E-state index is 0.000324. The van der Waals surface area contributed by atoms with Gasteiger partial charge in [0.1, 0.15) is 90.3 Å². The number of fused-ring (bicyclic) bond motifs is 18. The van der Waals surface area contributed by atoms with Crippen molar-refractivity contribution < 1.29 is 142 Å². The molecule has 18 fully saturated rings. The Hall–Kier alpha value is -7.99. The quantitative estimate of drug-likeness (QED) is 0.0476. The van der Waals surface area contributed by atoms with Crippen LogP contribution in [0.3, 0.4) is 0 Å². The molecule has 18 aliphatic heterocycles. The smallest absolute Gasteiger partial charge is 0.475 e. The molecule has 130 heavy (non-hydrogen) atoms. The van der Waals surface area contributed by atoms with E-state index in [1.165, 1.54) is 27.8 Å². The highest BCUT2D eigenvalue weighted by Crippen LogP contribution is 2.65. The molecule has 9 aromatic carbocycles. The number of ketones is 3. The first-order valence-corrected chi connectivity index (χ1v) is 50.9. The summed E-state index contributed by atoms with van der Waals surface area (Å²) in [5, 5.41) is 0. The Morgan fingerprint density at radius 2 is 0.631 bits per heavy atom. The van der Waals surface area contributed by atoms with Crippen molar-refractivity contribution in [1.82, 2.24) is 0 Å². The zero-order valence-electron chi connectivity index (χ0n) is 72.7. The first kappa shape index (κ1) is 95.2. The summed E-state index contributed by atoms with van der Waals surface area (Å²) < 4.78 is 185. The van der Waals surface area contributed by atoms with Crippen LogP contribution in [-0.2, 0) is 153 Å². The van der Waals surface area contributed by atoms with E-state index in [0.717, 1.165) is 44.9 Å². The van der Waals surface area contributed by atoms with Crippen LogP contribution in [-0.4, -0.2) is 160 Å². The van der Waals surface area contributed by atoms with E-state index in [9.17, 15) is 41.8 Å². The third kappa shape index (κ3) is 22.0. The number of ether oxygens (including phenoxy) is 4. The molecule has 0 aliphatic carbocycles. The van der Waals surface area contributed by atoms with E-state index in [0.29, 0.717) is 24.3 Å². The lowest BCUT2D eigenvalue weighted by Gasteiger charge is -2.43. The molecule has 0 amide bonds. The Morgan fingerprint density at radius 3 is 1.05 bits per heavy atom. The molecule has 0 radical (unpaired) electrons. The number of phosphoric ester groups is 6. The molecule has 0 unspecified atom stereocenters. The Balaban J connectivity index is 0.000000115. The molecule has 12 bridgehead atoms. The van der Waals surface area contributed by atoms with Gasteiger partial charge in [-0.3, -0.25) is 95.8 Å². The van der Waals surface area contributed by atoms with Crippen molar-refractivity contribution >= 4 is 64.3 Å². The zero-order valence-corrected chi connectivity index (χ0v) is 78.1. The highest BCUT2D eigenvalue weighted by atomic mass is 31.2. The lowest BCUT2D eigenvalue weighted by atomic mass is 9.76. The fourth-order valence-corrected chi connectivity index (χ4v) is 24.0. The molecule has 18 aliphatic rings. The van der Waals surface area contributed by atoms with Gasteiger partial charge in [0.25, 0.3) is 0 Å². The Morgan fingerprint density at radius 1 is 0.300 bits per heavy atom. The second-order valence-corrected chi connectivity index (χ2v) is 44.8. The number of methoxy groups -OCH3 is 1. The van der Waals surface area contributed by atoms with Gasteiger partial charge in [-0.25, -0.2) is 27.4 Å². The monoisotopic (exact) mass is 1900 g/mol. The van der Waals surface area contributed by atoms with Gasteiger partial charge in [-0.15, -0.1) is 0 Å². The number of carbonyl (C=O) groups excluding carboxylic acids is 3. The van der Waals surface area contributed by atoms with E-state index in [-0.39, 0.29) is 154 Å². The summed E-state index contributed by atoms with van der Waals surface area (Å²) in [4.78, 5) is 37.9. The number of hydrogen-bond acceptors (Lipinski definition) is 31. The van der Waals surface area contributed by atoms with Gasteiger partial charge < -0.3 is 18.9 Å². The first-order chi connectivity index (χ1) is 62.1. The van der Waals surface area contributed by atoms with Crippen LogP contribution < -0.4 is 14.2 Å². The van der Waals surface area contributed by atoms with Crippen LogP contribution >= 0.6 is 46.9 Å². The van der Waals surface area contributed by atoms with E-state index in [2.05, 4.69) is 89.2 Å². The first-order valence-electron chi connectivity index (χ1n) is 42.2. The summed E-state index contributed by atoms with van der Waals surface area (Å²) in [6.45, 7) is 16.1. The highest BCUT2D eigenvalue weighted by Gasteiger charge is 2.59. The van der Waals surface area contributed by atoms with E-state index in [1.54, 1.807) is 25.3 Å². The summed E-state index contributed by atoms with van der Waals surface area (Å²) in [6.07, 6.45) is 0.561. The number of benzene rings is 9. The largest absolute Gasteiger partial charge is 0.497 e. The molecule has 690 valence electrons. The molecule has 9 aromatic rings. The van der Waals surface area contributed by atoms with Gasteiger partial charge in [-0.2, -0.15) is 0 Å². The lowest BCUT2D eigenvalue weighted by Crippen LogP contribution is -2.55. The van der Waals surface area contributed by atoms with Gasteiger partial charge in [0, 0.05) is 29.2 Å². The average Bonchev–Trinajstić information content (AvgIpc) is 0.752. The van der Waals surface area contributed by atoms with Gasteiger partial charge in [0.2, 0.25) is 0 Å². The molecule has 0 atom stereocenters. The maximum Gasteiger partial charge on any atom is 0.475 e. The van der Waals surface area contributed by atoms with Crippen LogP contribution in [0.2, 0.25) is 0 Å².